The van der Waals surface area contributed by atoms with E-state index in [0.717, 1.165) is 0 Å². The van der Waals surface area contributed by atoms with Gasteiger partial charge in [-0.15, -0.1) is 0 Å². The molecule has 2 rings (SSSR count). The number of carbonyl (C=O) groups excluding carboxylic acids is 3. The number of primary amides is 1. The molecular formula is C18H16Cl2N2O4. The highest BCUT2D eigenvalue weighted by atomic mass is 35.5. The number of hydrogen-bond acceptors (Lipinski definition) is 4. The van der Waals surface area contributed by atoms with Gasteiger partial charge < -0.3 is 15.8 Å². The van der Waals surface area contributed by atoms with Gasteiger partial charge in [-0.05, 0) is 36.8 Å². The van der Waals surface area contributed by atoms with Crippen molar-refractivity contribution in [1.29, 1.82) is 0 Å². The predicted molar refractivity (Wildman–Crippen MR) is 98.1 cm³/mol. The summed E-state index contributed by atoms with van der Waals surface area (Å²) in [5, 5.41) is 2.85. The largest absolute Gasteiger partial charge is 0.459 e. The number of hydrogen-bond donors (Lipinski definition) is 2. The molecule has 0 saturated carbocycles. The van der Waals surface area contributed by atoms with Gasteiger partial charge in [-0.2, -0.15) is 0 Å². The molecule has 26 heavy (non-hydrogen) atoms. The zero-order valence-electron chi connectivity index (χ0n) is 13.8. The highest BCUT2D eigenvalue weighted by Gasteiger charge is 2.20. The minimum atomic E-state index is -0.906. The zero-order valence-corrected chi connectivity index (χ0v) is 15.3. The van der Waals surface area contributed by atoms with Crippen LogP contribution < -0.4 is 11.1 Å². The third kappa shape index (κ3) is 4.97. The lowest BCUT2D eigenvalue weighted by Crippen LogP contribution is -2.39. The molecule has 2 aromatic carbocycles. The number of carbonyl (C=O) groups is 3. The molecule has 0 bridgehead atoms. The van der Waals surface area contributed by atoms with Crippen molar-refractivity contribution in [2.75, 3.05) is 0 Å². The van der Waals surface area contributed by atoms with Crippen molar-refractivity contribution < 1.29 is 19.1 Å². The summed E-state index contributed by atoms with van der Waals surface area (Å²) in [7, 11) is 0. The minimum absolute atomic E-state index is 0.0575. The molecule has 1 unspecified atom stereocenters. The molecule has 0 saturated heterocycles. The Morgan fingerprint density at radius 2 is 1.85 bits per heavy atom. The van der Waals surface area contributed by atoms with Crippen LogP contribution in [0.25, 0.3) is 0 Å². The minimum Gasteiger partial charge on any atom is -0.459 e. The molecule has 6 nitrogen and oxygen atoms in total. The topological polar surface area (TPSA) is 98.5 Å². The first-order valence-corrected chi connectivity index (χ1v) is 8.35. The second-order valence-corrected chi connectivity index (χ2v) is 6.25. The summed E-state index contributed by atoms with van der Waals surface area (Å²) < 4.78 is 5.15. The monoisotopic (exact) mass is 394 g/mol. The summed E-state index contributed by atoms with van der Waals surface area (Å²) in [6.45, 7) is 1.43. The zero-order chi connectivity index (χ0) is 19.3. The van der Waals surface area contributed by atoms with Crippen LogP contribution >= 0.6 is 23.2 Å². The maximum Gasteiger partial charge on any atom is 0.328 e. The second kappa shape index (κ2) is 8.69. The van der Waals surface area contributed by atoms with Crippen LogP contribution in [0.15, 0.2) is 42.5 Å². The van der Waals surface area contributed by atoms with E-state index in [9.17, 15) is 14.4 Å². The lowest BCUT2D eigenvalue weighted by molar-refractivity contribution is -0.146. The van der Waals surface area contributed by atoms with E-state index in [4.69, 9.17) is 33.7 Å². The molecular weight excluding hydrogens is 379 g/mol. The van der Waals surface area contributed by atoms with Crippen LogP contribution in [0.1, 0.15) is 33.2 Å². The Labute approximate surface area is 160 Å². The lowest BCUT2D eigenvalue weighted by Gasteiger charge is -2.14. The molecule has 0 heterocycles. The molecule has 0 aliphatic heterocycles. The van der Waals surface area contributed by atoms with Gasteiger partial charge in [-0.1, -0.05) is 41.4 Å². The van der Waals surface area contributed by atoms with Crippen molar-refractivity contribution in [1.82, 2.24) is 5.32 Å². The number of benzene rings is 2. The predicted octanol–water partition coefficient (Wildman–Crippen LogP) is 2.95. The van der Waals surface area contributed by atoms with Crippen LogP contribution in [0.5, 0.6) is 0 Å². The summed E-state index contributed by atoms with van der Waals surface area (Å²) in [6, 6.07) is 10.1. The fourth-order valence-corrected chi connectivity index (χ4v) is 2.49. The van der Waals surface area contributed by atoms with Crippen molar-refractivity contribution in [2.45, 2.75) is 19.6 Å². The maximum absolute atomic E-state index is 12.2. The first-order chi connectivity index (χ1) is 12.3. The van der Waals surface area contributed by atoms with Crippen LogP contribution in [0.2, 0.25) is 10.0 Å². The molecule has 0 radical (unpaired) electrons. The maximum atomic E-state index is 12.2. The van der Waals surface area contributed by atoms with E-state index in [1.54, 1.807) is 30.3 Å². The number of nitrogens with one attached hydrogen (secondary N) is 1. The average molecular weight is 395 g/mol. The molecule has 2 aromatic rings. The summed E-state index contributed by atoms with van der Waals surface area (Å²) in [4.78, 5) is 35.4. The Kier molecular flexibility index (Phi) is 6.60. The van der Waals surface area contributed by atoms with Gasteiger partial charge in [0.1, 0.15) is 12.6 Å². The number of esters is 1. The third-order valence-corrected chi connectivity index (χ3v) is 4.31. The van der Waals surface area contributed by atoms with Crippen LogP contribution in [-0.4, -0.2) is 23.8 Å². The number of amides is 2. The summed E-state index contributed by atoms with van der Waals surface area (Å²) in [5.74, 6) is -1.75. The standard InChI is InChI=1S/C18H16Cl2N2O4/c1-10(22-17(24)13-6-3-7-14(19)15(13)20)18(25)26-9-11-4-2-5-12(8-11)16(21)23/h2-8,10H,9H2,1H3,(H2,21,23)(H,22,24). The van der Waals surface area contributed by atoms with E-state index in [-0.39, 0.29) is 22.2 Å². The summed E-state index contributed by atoms with van der Waals surface area (Å²) in [6.07, 6.45) is 0. The Morgan fingerprint density at radius 1 is 1.15 bits per heavy atom. The molecule has 3 N–H and O–H groups in total. The van der Waals surface area contributed by atoms with E-state index in [1.807, 2.05) is 0 Å². The smallest absolute Gasteiger partial charge is 0.328 e. The second-order valence-electron chi connectivity index (χ2n) is 5.47. The first kappa shape index (κ1) is 19.8. The van der Waals surface area contributed by atoms with Gasteiger partial charge in [0.25, 0.3) is 5.91 Å². The Bertz CT molecular complexity index is 855. The van der Waals surface area contributed by atoms with Crippen molar-refractivity contribution in [2.24, 2.45) is 5.73 Å². The van der Waals surface area contributed by atoms with Crippen molar-refractivity contribution in [3.05, 3.63) is 69.2 Å². The van der Waals surface area contributed by atoms with E-state index in [1.165, 1.54) is 19.1 Å². The van der Waals surface area contributed by atoms with Gasteiger partial charge in [0.2, 0.25) is 5.91 Å². The molecule has 0 spiro atoms. The Balaban J connectivity index is 1.95. The van der Waals surface area contributed by atoms with Gasteiger partial charge >= 0.3 is 5.97 Å². The molecule has 8 heteroatoms. The van der Waals surface area contributed by atoms with Gasteiger partial charge in [-0.25, -0.2) is 4.79 Å². The Morgan fingerprint density at radius 3 is 2.54 bits per heavy atom. The first-order valence-electron chi connectivity index (χ1n) is 7.60. The molecule has 0 aliphatic rings. The molecule has 0 aliphatic carbocycles. The number of ether oxygens (including phenoxy) is 1. The fraction of sp³-hybridized carbons (Fsp3) is 0.167. The highest BCUT2D eigenvalue weighted by molar-refractivity contribution is 6.43. The molecule has 1 atom stereocenters. The van der Waals surface area contributed by atoms with Crippen LogP contribution in [0, 0.1) is 0 Å². The summed E-state index contributed by atoms with van der Waals surface area (Å²) >= 11 is 11.9. The fourth-order valence-electron chi connectivity index (χ4n) is 2.11. The summed E-state index contributed by atoms with van der Waals surface area (Å²) in [5.41, 5.74) is 6.28. The molecule has 0 aromatic heterocycles. The van der Waals surface area contributed by atoms with Crippen molar-refractivity contribution >= 4 is 41.0 Å². The molecule has 2 amide bonds. The van der Waals surface area contributed by atoms with E-state index in [0.29, 0.717) is 11.1 Å². The van der Waals surface area contributed by atoms with E-state index >= 15 is 0 Å². The highest BCUT2D eigenvalue weighted by Crippen LogP contribution is 2.25. The average Bonchev–Trinajstić information content (AvgIpc) is 2.62. The normalized spacial score (nSPS) is 11.5. The van der Waals surface area contributed by atoms with Crippen LogP contribution in [0.3, 0.4) is 0 Å². The van der Waals surface area contributed by atoms with Gasteiger partial charge in [0.05, 0.1) is 15.6 Å². The van der Waals surface area contributed by atoms with E-state index < -0.39 is 23.8 Å². The van der Waals surface area contributed by atoms with Gasteiger partial charge in [-0.3, -0.25) is 9.59 Å². The number of nitrogens with two attached hydrogens (primary N) is 1. The number of halogens is 2. The SMILES string of the molecule is CC(NC(=O)c1cccc(Cl)c1Cl)C(=O)OCc1cccc(C(N)=O)c1. The van der Waals surface area contributed by atoms with Gasteiger partial charge in [0.15, 0.2) is 0 Å². The number of rotatable bonds is 6. The van der Waals surface area contributed by atoms with Crippen LogP contribution in [-0.2, 0) is 16.1 Å². The Hall–Kier alpha value is -2.57. The lowest BCUT2D eigenvalue weighted by atomic mass is 10.1. The molecule has 136 valence electrons. The third-order valence-electron chi connectivity index (χ3n) is 3.49. The van der Waals surface area contributed by atoms with Gasteiger partial charge in [0, 0.05) is 5.56 Å². The van der Waals surface area contributed by atoms with E-state index in [2.05, 4.69) is 5.32 Å². The quantitative estimate of drug-likeness (QED) is 0.735. The van der Waals surface area contributed by atoms with Crippen LogP contribution in [0.4, 0.5) is 0 Å². The van der Waals surface area contributed by atoms with Crippen molar-refractivity contribution in [3.8, 4) is 0 Å². The molecule has 0 fully saturated rings. The van der Waals surface area contributed by atoms with Crippen molar-refractivity contribution in [3.63, 3.8) is 0 Å².